The summed E-state index contributed by atoms with van der Waals surface area (Å²) in [5, 5.41) is 0. The highest BCUT2D eigenvalue weighted by molar-refractivity contribution is 9.10. The van der Waals surface area contributed by atoms with Gasteiger partial charge in [-0.2, -0.15) is 0 Å². The lowest BCUT2D eigenvalue weighted by Gasteiger charge is -2.17. The Morgan fingerprint density at radius 2 is 2.14 bits per heavy atom. The van der Waals surface area contributed by atoms with Gasteiger partial charge in [0.2, 0.25) is 0 Å². The van der Waals surface area contributed by atoms with E-state index >= 15 is 0 Å². The van der Waals surface area contributed by atoms with E-state index in [9.17, 15) is 0 Å². The van der Waals surface area contributed by atoms with Crippen molar-refractivity contribution in [2.75, 3.05) is 12.4 Å². The molecule has 0 saturated heterocycles. The lowest BCUT2D eigenvalue weighted by Crippen LogP contribution is -2.13. The number of rotatable bonds is 4. The molecular formula is C17H18BrNOS. The van der Waals surface area contributed by atoms with E-state index in [0.717, 1.165) is 21.5 Å². The summed E-state index contributed by atoms with van der Waals surface area (Å²) < 4.78 is 7.11. The molecule has 0 aliphatic carbocycles. The Balaban J connectivity index is 1.75. The van der Waals surface area contributed by atoms with Crippen LogP contribution in [0.25, 0.3) is 0 Å². The summed E-state index contributed by atoms with van der Waals surface area (Å²) in [6.07, 6.45) is 0. The Morgan fingerprint density at radius 1 is 1.33 bits per heavy atom. The molecule has 1 aliphatic rings. The summed E-state index contributed by atoms with van der Waals surface area (Å²) in [6, 6.07) is 14.6. The third kappa shape index (κ3) is 3.28. The van der Waals surface area contributed by atoms with Gasteiger partial charge in [0.15, 0.2) is 0 Å². The van der Waals surface area contributed by atoms with Gasteiger partial charge in [0.25, 0.3) is 0 Å². The van der Waals surface area contributed by atoms with Gasteiger partial charge in [-0.3, -0.25) is 0 Å². The van der Waals surface area contributed by atoms with Crippen molar-refractivity contribution in [2.24, 2.45) is 5.73 Å². The average molecular weight is 364 g/mol. The molecule has 2 nitrogen and oxygen atoms in total. The first kappa shape index (κ1) is 14.9. The highest BCUT2D eigenvalue weighted by Crippen LogP contribution is 2.39. The van der Waals surface area contributed by atoms with E-state index in [1.54, 1.807) is 0 Å². The summed E-state index contributed by atoms with van der Waals surface area (Å²) in [5.41, 5.74) is 8.49. The SMILES string of the molecule is CC(N)c1cc(Br)ccc1OCC1CSc2ccccc21. The van der Waals surface area contributed by atoms with Crippen molar-refractivity contribution in [2.45, 2.75) is 23.8 Å². The standard InChI is InChI=1S/C17H18BrNOS/c1-11(19)15-8-13(18)6-7-16(15)20-9-12-10-21-17-5-3-2-4-14(12)17/h2-8,11-12H,9-10,19H2,1H3. The Bertz CT molecular complexity index is 644. The van der Waals surface area contributed by atoms with Crippen LogP contribution < -0.4 is 10.5 Å². The lowest BCUT2D eigenvalue weighted by atomic mass is 10.0. The molecule has 0 saturated carbocycles. The second-order valence-corrected chi connectivity index (χ2v) is 7.31. The van der Waals surface area contributed by atoms with Gasteiger partial charge in [0.1, 0.15) is 5.75 Å². The fourth-order valence-electron chi connectivity index (χ4n) is 2.56. The van der Waals surface area contributed by atoms with Gasteiger partial charge in [0.05, 0.1) is 6.61 Å². The number of benzene rings is 2. The second kappa shape index (κ2) is 6.42. The monoisotopic (exact) mass is 363 g/mol. The first-order valence-electron chi connectivity index (χ1n) is 7.04. The molecule has 0 amide bonds. The Hall–Kier alpha value is -0.970. The fourth-order valence-corrected chi connectivity index (χ4v) is 4.18. The maximum atomic E-state index is 6.08. The summed E-state index contributed by atoms with van der Waals surface area (Å²) in [5.74, 6) is 2.43. The molecule has 1 aliphatic heterocycles. The highest BCUT2D eigenvalue weighted by atomic mass is 79.9. The third-order valence-electron chi connectivity index (χ3n) is 3.70. The molecule has 2 unspecified atom stereocenters. The normalized spacial score (nSPS) is 18.3. The van der Waals surface area contributed by atoms with E-state index in [4.69, 9.17) is 10.5 Å². The number of hydrogen-bond acceptors (Lipinski definition) is 3. The number of hydrogen-bond donors (Lipinski definition) is 1. The van der Waals surface area contributed by atoms with Crippen LogP contribution in [0.4, 0.5) is 0 Å². The zero-order valence-electron chi connectivity index (χ0n) is 11.9. The van der Waals surface area contributed by atoms with Crippen molar-refractivity contribution in [1.29, 1.82) is 0 Å². The molecule has 0 spiro atoms. The van der Waals surface area contributed by atoms with Crippen molar-refractivity contribution in [3.63, 3.8) is 0 Å². The summed E-state index contributed by atoms with van der Waals surface area (Å²) in [7, 11) is 0. The minimum Gasteiger partial charge on any atom is -0.493 e. The van der Waals surface area contributed by atoms with Gasteiger partial charge < -0.3 is 10.5 Å². The molecule has 2 atom stereocenters. The molecule has 0 fully saturated rings. The zero-order chi connectivity index (χ0) is 14.8. The molecule has 110 valence electrons. The number of nitrogens with two attached hydrogens (primary N) is 1. The van der Waals surface area contributed by atoms with E-state index < -0.39 is 0 Å². The molecule has 0 radical (unpaired) electrons. The van der Waals surface area contributed by atoms with Crippen molar-refractivity contribution in [3.8, 4) is 5.75 Å². The summed E-state index contributed by atoms with van der Waals surface area (Å²) in [4.78, 5) is 1.38. The van der Waals surface area contributed by atoms with Gasteiger partial charge >= 0.3 is 0 Å². The third-order valence-corrected chi connectivity index (χ3v) is 5.45. The van der Waals surface area contributed by atoms with Crippen LogP contribution in [0.5, 0.6) is 5.75 Å². The van der Waals surface area contributed by atoms with Crippen LogP contribution in [0.2, 0.25) is 0 Å². The van der Waals surface area contributed by atoms with Gasteiger partial charge in [-0.1, -0.05) is 34.1 Å². The summed E-state index contributed by atoms with van der Waals surface area (Å²) >= 11 is 5.40. The smallest absolute Gasteiger partial charge is 0.124 e. The zero-order valence-corrected chi connectivity index (χ0v) is 14.3. The molecule has 4 heteroatoms. The molecule has 2 N–H and O–H groups in total. The van der Waals surface area contributed by atoms with Crippen LogP contribution in [-0.2, 0) is 0 Å². The molecule has 21 heavy (non-hydrogen) atoms. The van der Waals surface area contributed by atoms with Crippen LogP contribution in [0.3, 0.4) is 0 Å². The molecule has 3 rings (SSSR count). The van der Waals surface area contributed by atoms with Crippen molar-refractivity contribution in [1.82, 2.24) is 0 Å². The highest BCUT2D eigenvalue weighted by Gasteiger charge is 2.23. The van der Waals surface area contributed by atoms with Crippen LogP contribution in [0.1, 0.15) is 30.0 Å². The molecule has 1 heterocycles. The predicted octanol–water partition coefficient (Wildman–Crippen LogP) is 4.74. The fraction of sp³-hybridized carbons (Fsp3) is 0.294. The molecule has 0 bridgehead atoms. The Morgan fingerprint density at radius 3 is 2.95 bits per heavy atom. The van der Waals surface area contributed by atoms with E-state index in [-0.39, 0.29) is 6.04 Å². The van der Waals surface area contributed by atoms with E-state index in [1.165, 1.54) is 10.5 Å². The number of halogens is 1. The molecular weight excluding hydrogens is 346 g/mol. The topological polar surface area (TPSA) is 35.2 Å². The maximum absolute atomic E-state index is 6.08. The average Bonchev–Trinajstić information content (AvgIpc) is 2.89. The first-order chi connectivity index (χ1) is 10.1. The quantitative estimate of drug-likeness (QED) is 0.851. The minimum atomic E-state index is -0.0391. The van der Waals surface area contributed by atoms with Gasteiger partial charge in [-0.15, -0.1) is 11.8 Å². The van der Waals surface area contributed by atoms with Gasteiger partial charge in [-0.05, 0) is 36.8 Å². The first-order valence-corrected chi connectivity index (χ1v) is 8.82. The van der Waals surface area contributed by atoms with Crippen molar-refractivity contribution >= 4 is 27.7 Å². The minimum absolute atomic E-state index is 0.0391. The molecule has 2 aromatic rings. The summed E-state index contributed by atoms with van der Waals surface area (Å²) in [6.45, 7) is 2.68. The van der Waals surface area contributed by atoms with Crippen LogP contribution >= 0.6 is 27.7 Å². The Kier molecular flexibility index (Phi) is 4.57. The van der Waals surface area contributed by atoms with E-state index in [1.807, 2.05) is 36.9 Å². The predicted molar refractivity (Wildman–Crippen MR) is 92.1 cm³/mol. The van der Waals surface area contributed by atoms with Crippen LogP contribution in [0, 0.1) is 0 Å². The lowest BCUT2D eigenvalue weighted by molar-refractivity contribution is 0.294. The largest absolute Gasteiger partial charge is 0.493 e. The number of fused-ring (bicyclic) bond motifs is 1. The van der Waals surface area contributed by atoms with Crippen molar-refractivity contribution < 1.29 is 4.74 Å². The van der Waals surface area contributed by atoms with Gasteiger partial charge in [0, 0.05) is 32.6 Å². The van der Waals surface area contributed by atoms with Crippen LogP contribution in [-0.4, -0.2) is 12.4 Å². The van der Waals surface area contributed by atoms with Gasteiger partial charge in [-0.25, -0.2) is 0 Å². The molecule has 2 aromatic carbocycles. The molecule has 0 aromatic heterocycles. The van der Waals surface area contributed by atoms with E-state index in [0.29, 0.717) is 12.5 Å². The van der Waals surface area contributed by atoms with Crippen LogP contribution in [0.15, 0.2) is 51.8 Å². The van der Waals surface area contributed by atoms with Crippen molar-refractivity contribution in [3.05, 3.63) is 58.1 Å². The van der Waals surface area contributed by atoms with E-state index in [2.05, 4.69) is 40.2 Å². The second-order valence-electron chi connectivity index (χ2n) is 5.33. The Labute approximate surface area is 138 Å². The number of ether oxygens (including phenoxy) is 1. The number of thioether (sulfide) groups is 1. The maximum Gasteiger partial charge on any atom is 0.124 e.